The first-order valence-electron chi connectivity index (χ1n) is 17.6. The van der Waals surface area contributed by atoms with Crippen molar-refractivity contribution in [3.63, 3.8) is 0 Å². The van der Waals surface area contributed by atoms with Crippen molar-refractivity contribution >= 4 is 26.7 Å². The first-order valence-corrected chi connectivity index (χ1v) is 18.7. The van der Waals surface area contributed by atoms with Gasteiger partial charge in [0, 0.05) is 5.33 Å². The van der Waals surface area contributed by atoms with E-state index in [1.165, 1.54) is 0 Å². The molecular formula is C45H43BrO5. The Bertz CT molecular complexity index is 1920. The number of hydrogen-bond acceptors (Lipinski definition) is 5. The second-order valence-electron chi connectivity index (χ2n) is 12.9. The van der Waals surface area contributed by atoms with Gasteiger partial charge in [-0.25, -0.2) is 0 Å². The quantitative estimate of drug-likeness (QED) is 0.0981. The predicted octanol–water partition coefficient (Wildman–Crippen LogP) is 10.1. The van der Waals surface area contributed by atoms with Crippen LogP contribution in [0.5, 0.6) is 0 Å². The zero-order valence-corrected chi connectivity index (χ0v) is 30.1. The van der Waals surface area contributed by atoms with Crippen molar-refractivity contribution in [2.45, 2.75) is 62.3 Å². The van der Waals surface area contributed by atoms with E-state index in [0.717, 1.165) is 44.2 Å². The maximum absolute atomic E-state index is 7.23. The number of rotatable bonds is 15. The average Bonchev–Trinajstić information content (AvgIpc) is 3.20. The van der Waals surface area contributed by atoms with Crippen molar-refractivity contribution in [1.29, 1.82) is 0 Å². The monoisotopic (exact) mass is 742 g/mol. The highest BCUT2D eigenvalue weighted by molar-refractivity contribution is 9.08. The molecule has 260 valence electrons. The highest BCUT2D eigenvalue weighted by Gasteiger charge is 2.49. The van der Waals surface area contributed by atoms with Gasteiger partial charge in [-0.2, -0.15) is 0 Å². The van der Waals surface area contributed by atoms with E-state index in [2.05, 4.69) is 101 Å². The lowest BCUT2D eigenvalue weighted by atomic mass is 9.87. The van der Waals surface area contributed by atoms with Gasteiger partial charge in [-0.05, 0) is 44.2 Å². The molecule has 0 N–H and O–H groups in total. The van der Waals surface area contributed by atoms with Crippen molar-refractivity contribution < 1.29 is 23.7 Å². The third-order valence-corrected chi connectivity index (χ3v) is 9.95. The third-order valence-electron chi connectivity index (χ3n) is 9.30. The Balaban J connectivity index is 1.30. The zero-order chi connectivity index (χ0) is 34.7. The molecule has 0 unspecified atom stereocenters. The molecule has 1 saturated heterocycles. The lowest BCUT2D eigenvalue weighted by Gasteiger charge is -2.46. The Hall–Kier alpha value is -4.14. The molecule has 1 heterocycles. The SMILES string of the molecule is BrCc1cc([C@@H]2O[C@H](COCc3ccccc3)[C@@H](OCc3ccccc3)[C@H](OCc3ccccc3)[C@H]2OCc2ccccc2)c2ccccc2c1. The summed E-state index contributed by atoms with van der Waals surface area (Å²) in [6.45, 7) is 1.97. The van der Waals surface area contributed by atoms with Gasteiger partial charge >= 0.3 is 0 Å². The molecule has 6 heteroatoms. The molecule has 1 fully saturated rings. The molecule has 1 aliphatic rings. The van der Waals surface area contributed by atoms with Crippen molar-refractivity contribution in [2.75, 3.05) is 6.61 Å². The molecule has 0 aliphatic carbocycles. The average molecular weight is 744 g/mol. The fourth-order valence-corrected chi connectivity index (χ4v) is 7.08. The van der Waals surface area contributed by atoms with Gasteiger partial charge in [0.05, 0.1) is 33.0 Å². The van der Waals surface area contributed by atoms with E-state index in [1.54, 1.807) is 0 Å². The van der Waals surface area contributed by atoms with Gasteiger partial charge < -0.3 is 23.7 Å². The van der Waals surface area contributed by atoms with Crippen LogP contribution in [-0.4, -0.2) is 31.0 Å². The zero-order valence-electron chi connectivity index (χ0n) is 28.6. The van der Waals surface area contributed by atoms with Crippen molar-refractivity contribution in [1.82, 2.24) is 0 Å². The number of benzene rings is 6. The summed E-state index contributed by atoms with van der Waals surface area (Å²) in [5.74, 6) is 0. The van der Waals surface area contributed by atoms with Crippen LogP contribution in [0, 0.1) is 0 Å². The molecule has 0 spiro atoms. The smallest absolute Gasteiger partial charge is 0.117 e. The Morgan fingerprint density at radius 2 is 0.941 bits per heavy atom. The van der Waals surface area contributed by atoms with Crippen molar-refractivity contribution in [3.8, 4) is 0 Å². The summed E-state index contributed by atoms with van der Waals surface area (Å²) in [4.78, 5) is 0. The fraction of sp³-hybridized carbons (Fsp3) is 0.244. The highest BCUT2D eigenvalue weighted by atomic mass is 79.9. The van der Waals surface area contributed by atoms with E-state index >= 15 is 0 Å². The Kier molecular flexibility index (Phi) is 12.4. The summed E-state index contributed by atoms with van der Waals surface area (Å²) >= 11 is 3.72. The minimum Gasteiger partial charge on any atom is -0.374 e. The van der Waals surface area contributed by atoms with Crippen LogP contribution >= 0.6 is 15.9 Å². The van der Waals surface area contributed by atoms with Gasteiger partial charge in [-0.15, -0.1) is 0 Å². The van der Waals surface area contributed by atoms with Crippen LogP contribution in [0.4, 0.5) is 0 Å². The summed E-state index contributed by atoms with van der Waals surface area (Å²) in [5, 5.41) is 2.99. The highest BCUT2D eigenvalue weighted by Crippen LogP contribution is 2.41. The van der Waals surface area contributed by atoms with Gasteiger partial charge in [0.15, 0.2) is 0 Å². The predicted molar refractivity (Wildman–Crippen MR) is 205 cm³/mol. The Labute approximate surface area is 309 Å². The maximum Gasteiger partial charge on any atom is 0.117 e. The molecule has 0 aromatic heterocycles. The molecule has 6 aromatic rings. The van der Waals surface area contributed by atoms with Crippen LogP contribution in [0.2, 0.25) is 0 Å². The van der Waals surface area contributed by atoms with Crippen molar-refractivity contribution in [2.24, 2.45) is 0 Å². The molecule has 0 saturated carbocycles. The van der Waals surface area contributed by atoms with Crippen LogP contribution in [0.3, 0.4) is 0 Å². The molecule has 0 bridgehead atoms. The summed E-state index contributed by atoms with van der Waals surface area (Å²) in [5.41, 5.74) is 6.55. The number of alkyl halides is 1. The molecule has 1 aliphatic heterocycles. The van der Waals surface area contributed by atoms with Crippen LogP contribution in [-0.2, 0) is 55.4 Å². The normalized spacial score (nSPS) is 20.4. The second-order valence-corrected chi connectivity index (χ2v) is 13.5. The molecular weight excluding hydrogens is 700 g/mol. The minimum absolute atomic E-state index is 0.317. The lowest BCUT2D eigenvalue weighted by molar-refractivity contribution is -0.274. The Morgan fingerprint density at radius 1 is 0.471 bits per heavy atom. The maximum atomic E-state index is 7.23. The van der Waals surface area contributed by atoms with Crippen LogP contribution in [0.1, 0.15) is 39.5 Å². The summed E-state index contributed by atoms with van der Waals surface area (Å²) in [6.07, 6.45) is -2.42. The first kappa shape index (κ1) is 35.3. The number of hydrogen-bond donors (Lipinski definition) is 0. The van der Waals surface area contributed by atoms with Gasteiger partial charge in [0.25, 0.3) is 0 Å². The van der Waals surface area contributed by atoms with Gasteiger partial charge in [0.1, 0.15) is 30.5 Å². The molecule has 5 atom stereocenters. The molecule has 7 rings (SSSR count). The molecule has 6 aromatic carbocycles. The first-order chi connectivity index (χ1) is 25.2. The van der Waals surface area contributed by atoms with Gasteiger partial charge in [-0.1, -0.05) is 174 Å². The molecule has 51 heavy (non-hydrogen) atoms. The van der Waals surface area contributed by atoms with E-state index in [9.17, 15) is 0 Å². The largest absolute Gasteiger partial charge is 0.374 e. The van der Waals surface area contributed by atoms with Crippen LogP contribution in [0.25, 0.3) is 10.8 Å². The van der Waals surface area contributed by atoms with Crippen LogP contribution < -0.4 is 0 Å². The minimum atomic E-state index is -0.506. The molecule has 0 radical (unpaired) electrons. The molecule has 5 nitrogen and oxygen atoms in total. The van der Waals surface area contributed by atoms with E-state index in [4.69, 9.17) is 23.7 Å². The van der Waals surface area contributed by atoms with E-state index < -0.39 is 30.5 Å². The topological polar surface area (TPSA) is 46.2 Å². The lowest BCUT2D eigenvalue weighted by Crippen LogP contribution is -2.58. The fourth-order valence-electron chi connectivity index (χ4n) is 6.76. The third kappa shape index (κ3) is 9.21. The van der Waals surface area contributed by atoms with Gasteiger partial charge in [-0.3, -0.25) is 0 Å². The second kappa shape index (κ2) is 17.9. The Morgan fingerprint density at radius 3 is 1.49 bits per heavy atom. The number of fused-ring (bicyclic) bond motifs is 1. The summed E-state index contributed by atoms with van der Waals surface area (Å²) in [7, 11) is 0. The van der Waals surface area contributed by atoms with E-state index in [0.29, 0.717) is 38.4 Å². The van der Waals surface area contributed by atoms with E-state index in [-0.39, 0.29) is 0 Å². The van der Waals surface area contributed by atoms with Crippen molar-refractivity contribution in [3.05, 3.63) is 191 Å². The number of ether oxygens (including phenoxy) is 5. The van der Waals surface area contributed by atoms with Crippen LogP contribution in [0.15, 0.2) is 158 Å². The molecule has 0 amide bonds. The summed E-state index contributed by atoms with van der Waals surface area (Å²) < 4.78 is 34.5. The van der Waals surface area contributed by atoms with E-state index in [1.807, 2.05) is 72.8 Å². The van der Waals surface area contributed by atoms with Gasteiger partial charge in [0.2, 0.25) is 0 Å². The number of halogens is 1. The summed E-state index contributed by atoms with van der Waals surface area (Å²) in [6, 6.07) is 53.9. The standard InChI is InChI=1S/C45H43BrO5/c46-27-37-25-38-23-13-14-24-39(38)40(26-37)42-44(49-30-35-19-9-3-10-20-35)45(50-31-36-21-11-4-12-22-36)43(48-29-34-17-7-2-8-18-34)41(51-42)32-47-28-33-15-5-1-6-16-33/h1-26,41-45H,27-32H2/t41-,42+,43-,44+,45+/m1/s1.